The number of hydrogen-bond donors (Lipinski definition) is 1. The molecule has 0 aliphatic carbocycles. The standard InChI is InChI=1S/C12H16FNO/c1-3-11(14-4-2)12(15)9-5-7-10(13)8-6-9/h5-8,11,14H,3-4H2,1-2H3. The van der Waals surface area contributed by atoms with Crippen molar-refractivity contribution in [2.45, 2.75) is 26.3 Å². The Kier molecular flexibility index (Phi) is 4.43. The molecule has 1 aromatic carbocycles. The number of Topliss-reactive ketones (excluding diaryl/α,β-unsaturated/α-hetero) is 1. The van der Waals surface area contributed by atoms with Crippen molar-refractivity contribution in [3.63, 3.8) is 0 Å². The summed E-state index contributed by atoms with van der Waals surface area (Å²) in [6.07, 6.45) is 0.740. The molecule has 0 saturated carbocycles. The van der Waals surface area contributed by atoms with Crippen LogP contribution in [0.15, 0.2) is 24.3 Å². The molecule has 15 heavy (non-hydrogen) atoms. The van der Waals surface area contributed by atoms with Gasteiger partial charge in [-0.25, -0.2) is 4.39 Å². The Labute approximate surface area is 89.5 Å². The molecule has 0 saturated heterocycles. The summed E-state index contributed by atoms with van der Waals surface area (Å²) >= 11 is 0. The van der Waals surface area contributed by atoms with E-state index in [-0.39, 0.29) is 17.6 Å². The van der Waals surface area contributed by atoms with Crippen LogP contribution in [0.3, 0.4) is 0 Å². The van der Waals surface area contributed by atoms with Gasteiger partial charge >= 0.3 is 0 Å². The van der Waals surface area contributed by atoms with Crippen LogP contribution in [0.2, 0.25) is 0 Å². The highest BCUT2D eigenvalue weighted by Gasteiger charge is 2.16. The fraction of sp³-hybridized carbons (Fsp3) is 0.417. The molecule has 0 aromatic heterocycles. The van der Waals surface area contributed by atoms with Crippen LogP contribution in [0.25, 0.3) is 0 Å². The van der Waals surface area contributed by atoms with Gasteiger partial charge in [0.15, 0.2) is 5.78 Å². The molecule has 0 bridgehead atoms. The van der Waals surface area contributed by atoms with Crippen LogP contribution in [0.4, 0.5) is 4.39 Å². The number of rotatable bonds is 5. The van der Waals surface area contributed by atoms with E-state index in [0.29, 0.717) is 5.56 Å². The summed E-state index contributed by atoms with van der Waals surface area (Å²) in [7, 11) is 0. The fourth-order valence-corrected chi connectivity index (χ4v) is 1.48. The van der Waals surface area contributed by atoms with Crippen LogP contribution in [-0.4, -0.2) is 18.4 Å². The van der Waals surface area contributed by atoms with Gasteiger partial charge in [0.05, 0.1) is 6.04 Å². The van der Waals surface area contributed by atoms with E-state index in [0.717, 1.165) is 13.0 Å². The SMILES string of the molecule is CCNC(CC)C(=O)c1ccc(F)cc1. The first-order valence-corrected chi connectivity index (χ1v) is 5.22. The van der Waals surface area contributed by atoms with E-state index >= 15 is 0 Å². The lowest BCUT2D eigenvalue weighted by atomic mass is 10.0. The molecule has 0 fully saturated rings. The third-order valence-electron chi connectivity index (χ3n) is 2.30. The van der Waals surface area contributed by atoms with Gasteiger partial charge in [0.1, 0.15) is 5.82 Å². The van der Waals surface area contributed by atoms with Gasteiger partial charge in [-0.05, 0) is 37.2 Å². The first-order chi connectivity index (χ1) is 7.19. The minimum Gasteiger partial charge on any atom is -0.307 e. The monoisotopic (exact) mass is 209 g/mol. The van der Waals surface area contributed by atoms with E-state index in [1.165, 1.54) is 24.3 Å². The molecule has 1 unspecified atom stereocenters. The van der Waals surface area contributed by atoms with Gasteiger partial charge in [-0.3, -0.25) is 4.79 Å². The number of benzene rings is 1. The molecule has 0 heterocycles. The van der Waals surface area contributed by atoms with Crippen LogP contribution in [0.5, 0.6) is 0 Å². The molecule has 1 rings (SSSR count). The van der Waals surface area contributed by atoms with Crippen molar-refractivity contribution in [3.05, 3.63) is 35.6 Å². The van der Waals surface area contributed by atoms with Crippen LogP contribution in [-0.2, 0) is 0 Å². The Hall–Kier alpha value is -1.22. The quantitative estimate of drug-likeness (QED) is 0.754. The highest BCUT2D eigenvalue weighted by molar-refractivity contribution is 6.00. The Bertz CT molecular complexity index is 321. The first kappa shape index (κ1) is 11.9. The molecule has 0 spiro atoms. The molecule has 0 radical (unpaired) electrons. The van der Waals surface area contributed by atoms with Crippen LogP contribution in [0, 0.1) is 5.82 Å². The molecule has 1 atom stereocenters. The van der Waals surface area contributed by atoms with Crippen molar-refractivity contribution in [1.29, 1.82) is 0 Å². The Balaban J connectivity index is 2.78. The maximum atomic E-state index is 12.7. The normalized spacial score (nSPS) is 12.5. The highest BCUT2D eigenvalue weighted by atomic mass is 19.1. The first-order valence-electron chi connectivity index (χ1n) is 5.22. The van der Waals surface area contributed by atoms with Crippen LogP contribution >= 0.6 is 0 Å². The van der Waals surface area contributed by atoms with Crippen molar-refractivity contribution in [3.8, 4) is 0 Å². The highest BCUT2D eigenvalue weighted by Crippen LogP contribution is 2.07. The summed E-state index contributed by atoms with van der Waals surface area (Å²) < 4.78 is 12.7. The number of halogens is 1. The second-order valence-electron chi connectivity index (χ2n) is 3.39. The van der Waals surface area contributed by atoms with E-state index in [2.05, 4.69) is 5.32 Å². The third-order valence-corrected chi connectivity index (χ3v) is 2.30. The van der Waals surface area contributed by atoms with E-state index in [1.807, 2.05) is 13.8 Å². The summed E-state index contributed by atoms with van der Waals surface area (Å²) in [5.41, 5.74) is 0.559. The van der Waals surface area contributed by atoms with E-state index < -0.39 is 0 Å². The number of likely N-dealkylation sites (N-methyl/N-ethyl adjacent to an activating group) is 1. The van der Waals surface area contributed by atoms with Crippen LogP contribution < -0.4 is 5.32 Å². The second-order valence-corrected chi connectivity index (χ2v) is 3.39. The summed E-state index contributed by atoms with van der Waals surface area (Å²) in [5, 5.41) is 3.10. The number of ketones is 1. The van der Waals surface area contributed by atoms with Gasteiger partial charge < -0.3 is 5.32 Å². The predicted octanol–water partition coefficient (Wildman–Crippen LogP) is 2.40. The lowest BCUT2D eigenvalue weighted by molar-refractivity contribution is 0.0941. The average Bonchev–Trinajstić information content (AvgIpc) is 2.26. The van der Waals surface area contributed by atoms with E-state index in [1.54, 1.807) is 0 Å². The number of nitrogens with one attached hydrogen (secondary N) is 1. The van der Waals surface area contributed by atoms with Gasteiger partial charge in [-0.1, -0.05) is 13.8 Å². The Morgan fingerprint density at radius 3 is 2.40 bits per heavy atom. The zero-order chi connectivity index (χ0) is 11.3. The lowest BCUT2D eigenvalue weighted by Gasteiger charge is -2.14. The number of hydrogen-bond acceptors (Lipinski definition) is 2. The molecule has 82 valence electrons. The molecule has 1 N–H and O–H groups in total. The second kappa shape index (κ2) is 5.61. The van der Waals surface area contributed by atoms with Gasteiger partial charge in [0.25, 0.3) is 0 Å². The number of carbonyl (C=O) groups excluding carboxylic acids is 1. The molecule has 3 heteroatoms. The van der Waals surface area contributed by atoms with Crippen LogP contribution in [0.1, 0.15) is 30.6 Å². The van der Waals surface area contributed by atoms with Gasteiger partial charge in [0, 0.05) is 5.56 Å². The largest absolute Gasteiger partial charge is 0.307 e. The zero-order valence-electron chi connectivity index (χ0n) is 9.09. The minimum atomic E-state index is -0.317. The molecular weight excluding hydrogens is 193 g/mol. The minimum absolute atomic E-state index is 0.0272. The lowest BCUT2D eigenvalue weighted by Crippen LogP contribution is -2.36. The topological polar surface area (TPSA) is 29.1 Å². The van der Waals surface area contributed by atoms with Crippen molar-refractivity contribution in [2.75, 3.05) is 6.54 Å². The average molecular weight is 209 g/mol. The molecule has 0 amide bonds. The molecule has 0 aliphatic heterocycles. The molecule has 1 aromatic rings. The molecule has 2 nitrogen and oxygen atoms in total. The van der Waals surface area contributed by atoms with Gasteiger partial charge in [-0.2, -0.15) is 0 Å². The van der Waals surface area contributed by atoms with Crippen molar-refractivity contribution in [2.24, 2.45) is 0 Å². The molecular formula is C12H16FNO. The van der Waals surface area contributed by atoms with Crippen molar-refractivity contribution >= 4 is 5.78 Å². The summed E-state index contributed by atoms with van der Waals surface area (Å²) in [4.78, 5) is 11.9. The Morgan fingerprint density at radius 1 is 1.33 bits per heavy atom. The third kappa shape index (κ3) is 3.13. The molecule has 0 aliphatic rings. The Morgan fingerprint density at radius 2 is 1.93 bits per heavy atom. The predicted molar refractivity (Wildman–Crippen MR) is 58.5 cm³/mol. The van der Waals surface area contributed by atoms with Crippen molar-refractivity contribution < 1.29 is 9.18 Å². The number of carbonyl (C=O) groups is 1. The summed E-state index contributed by atoms with van der Waals surface area (Å²) in [5.74, 6) is -0.289. The maximum absolute atomic E-state index is 12.7. The summed E-state index contributed by atoms with van der Waals surface area (Å²) in [6.45, 7) is 4.67. The van der Waals surface area contributed by atoms with Crippen molar-refractivity contribution in [1.82, 2.24) is 5.32 Å². The summed E-state index contributed by atoms with van der Waals surface area (Å²) in [6, 6.07) is 5.51. The van der Waals surface area contributed by atoms with E-state index in [4.69, 9.17) is 0 Å². The fourth-order valence-electron chi connectivity index (χ4n) is 1.48. The van der Waals surface area contributed by atoms with Gasteiger partial charge in [-0.15, -0.1) is 0 Å². The van der Waals surface area contributed by atoms with E-state index in [9.17, 15) is 9.18 Å². The smallest absolute Gasteiger partial charge is 0.179 e. The zero-order valence-corrected chi connectivity index (χ0v) is 9.09. The maximum Gasteiger partial charge on any atom is 0.179 e. The van der Waals surface area contributed by atoms with Gasteiger partial charge in [0.2, 0.25) is 0 Å².